The summed E-state index contributed by atoms with van der Waals surface area (Å²) in [7, 11) is 0. The fourth-order valence-electron chi connectivity index (χ4n) is 4.48. The number of fused-ring (bicyclic) bond motifs is 1. The molecular weight excluding hydrogens is 312 g/mol. The summed E-state index contributed by atoms with van der Waals surface area (Å²) in [6.45, 7) is 4.04. The van der Waals surface area contributed by atoms with Gasteiger partial charge in [-0.2, -0.15) is 0 Å². The Bertz CT molecular complexity index is 708. The monoisotopic (exact) mass is 336 g/mol. The van der Waals surface area contributed by atoms with Gasteiger partial charge in [0.15, 0.2) is 5.11 Å². The molecule has 5 rings (SSSR count). The van der Waals surface area contributed by atoms with Gasteiger partial charge in [-0.15, -0.1) is 0 Å². The summed E-state index contributed by atoms with van der Waals surface area (Å²) in [6.07, 6.45) is 2.30. The van der Waals surface area contributed by atoms with Gasteiger partial charge in [0.05, 0.1) is 0 Å². The predicted molar refractivity (Wildman–Crippen MR) is 104 cm³/mol. The third-order valence-corrected chi connectivity index (χ3v) is 5.77. The number of benzene rings is 2. The van der Waals surface area contributed by atoms with Crippen molar-refractivity contribution >= 4 is 17.3 Å². The van der Waals surface area contributed by atoms with Crippen LogP contribution in [0, 0.1) is 5.92 Å². The van der Waals surface area contributed by atoms with Crippen molar-refractivity contribution in [2.75, 3.05) is 13.1 Å². The van der Waals surface area contributed by atoms with Gasteiger partial charge in [-0.05, 0) is 53.2 Å². The molecule has 24 heavy (non-hydrogen) atoms. The second-order valence-electron chi connectivity index (χ2n) is 6.92. The highest BCUT2D eigenvalue weighted by Gasteiger charge is 2.42. The molecule has 1 atom stereocenters. The first-order valence-corrected chi connectivity index (χ1v) is 9.39. The standard InChI is InChI=1S/C21H24N2S/c1-2-11-22-21(24)23-13-14-12-19-15-7-3-5-9-17(15)20(14)18-10-6-4-8-16(18)19/h3-10,14,19-20H,2,11-13H2,1H3,(H2,22,23,24)/t14-,19?,20?/m1/s1. The van der Waals surface area contributed by atoms with E-state index < -0.39 is 0 Å². The molecule has 2 N–H and O–H groups in total. The zero-order valence-electron chi connectivity index (χ0n) is 14.1. The minimum Gasteiger partial charge on any atom is -0.363 e. The van der Waals surface area contributed by atoms with Crippen LogP contribution in [0.15, 0.2) is 48.5 Å². The topological polar surface area (TPSA) is 24.1 Å². The molecule has 3 heteroatoms. The molecule has 0 spiro atoms. The number of rotatable bonds is 4. The Labute approximate surface area is 149 Å². The molecule has 2 aromatic carbocycles. The van der Waals surface area contributed by atoms with Crippen molar-refractivity contribution in [3.05, 3.63) is 70.8 Å². The molecule has 0 saturated carbocycles. The first kappa shape index (κ1) is 15.6. The molecule has 2 aromatic rings. The Hall–Kier alpha value is -1.87. The van der Waals surface area contributed by atoms with Crippen LogP contribution in [0.5, 0.6) is 0 Å². The molecule has 3 aliphatic carbocycles. The van der Waals surface area contributed by atoms with Gasteiger partial charge in [-0.1, -0.05) is 55.5 Å². The van der Waals surface area contributed by atoms with Gasteiger partial charge in [-0.3, -0.25) is 0 Å². The lowest BCUT2D eigenvalue weighted by Gasteiger charge is -2.45. The number of hydrogen-bond acceptors (Lipinski definition) is 1. The molecule has 0 heterocycles. The van der Waals surface area contributed by atoms with Crippen molar-refractivity contribution in [1.29, 1.82) is 0 Å². The molecule has 0 radical (unpaired) electrons. The largest absolute Gasteiger partial charge is 0.363 e. The zero-order chi connectivity index (χ0) is 16.5. The maximum Gasteiger partial charge on any atom is 0.166 e. The number of nitrogens with one attached hydrogen (secondary N) is 2. The molecule has 2 bridgehead atoms. The van der Waals surface area contributed by atoms with Gasteiger partial charge in [0.1, 0.15) is 0 Å². The van der Waals surface area contributed by atoms with Crippen LogP contribution < -0.4 is 10.6 Å². The highest BCUT2D eigenvalue weighted by molar-refractivity contribution is 7.80. The molecule has 3 aliphatic rings. The van der Waals surface area contributed by atoms with Crippen LogP contribution in [-0.2, 0) is 0 Å². The van der Waals surface area contributed by atoms with Crippen LogP contribution in [0.2, 0.25) is 0 Å². The molecule has 124 valence electrons. The van der Waals surface area contributed by atoms with Gasteiger partial charge in [0, 0.05) is 24.9 Å². The van der Waals surface area contributed by atoms with Crippen molar-refractivity contribution in [2.24, 2.45) is 5.92 Å². The van der Waals surface area contributed by atoms with Crippen molar-refractivity contribution in [1.82, 2.24) is 10.6 Å². The first-order chi connectivity index (χ1) is 11.8. The fraction of sp³-hybridized carbons (Fsp3) is 0.381. The molecular formula is C21H24N2S. The smallest absolute Gasteiger partial charge is 0.166 e. The first-order valence-electron chi connectivity index (χ1n) is 8.99. The van der Waals surface area contributed by atoms with Gasteiger partial charge in [0.2, 0.25) is 0 Å². The lowest BCUT2D eigenvalue weighted by Crippen LogP contribution is -2.42. The lowest BCUT2D eigenvalue weighted by molar-refractivity contribution is 0.354. The Morgan fingerprint density at radius 2 is 1.54 bits per heavy atom. The second kappa shape index (κ2) is 6.56. The fourth-order valence-corrected chi connectivity index (χ4v) is 4.67. The number of hydrogen-bond donors (Lipinski definition) is 2. The van der Waals surface area contributed by atoms with E-state index >= 15 is 0 Å². The van der Waals surface area contributed by atoms with Gasteiger partial charge >= 0.3 is 0 Å². The average Bonchev–Trinajstić information content (AvgIpc) is 2.65. The predicted octanol–water partition coefficient (Wildman–Crippen LogP) is 4.16. The van der Waals surface area contributed by atoms with E-state index in [2.05, 4.69) is 66.1 Å². The molecule has 2 nitrogen and oxygen atoms in total. The SMILES string of the molecule is CCCNC(=S)NC[C@H]1CC2c3ccccc3C1c1ccccc12. The zero-order valence-corrected chi connectivity index (χ0v) is 14.9. The molecule has 0 amide bonds. The Kier molecular flexibility index (Phi) is 4.28. The summed E-state index contributed by atoms with van der Waals surface area (Å²) < 4.78 is 0. The molecule has 0 aliphatic heterocycles. The van der Waals surface area contributed by atoms with Crippen molar-refractivity contribution in [3.8, 4) is 0 Å². The van der Waals surface area contributed by atoms with E-state index in [4.69, 9.17) is 12.2 Å². The highest BCUT2D eigenvalue weighted by atomic mass is 32.1. The molecule has 0 aromatic heterocycles. The van der Waals surface area contributed by atoms with E-state index in [1.807, 2.05) is 0 Å². The summed E-state index contributed by atoms with van der Waals surface area (Å²) in [5.41, 5.74) is 6.10. The highest BCUT2D eigenvalue weighted by Crippen LogP contribution is 2.54. The van der Waals surface area contributed by atoms with E-state index in [0.29, 0.717) is 17.8 Å². The minimum atomic E-state index is 0.490. The van der Waals surface area contributed by atoms with Crippen LogP contribution in [0.1, 0.15) is 53.9 Å². The van der Waals surface area contributed by atoms with Crippen molar-refractivity contribution in [2.45, 2.75) is 31.6 Å². The van der Waals surface area contributed by atoms with E-state index in [1.54, 1.807) is 0 Å². The van der Waals surface area contributed by atoms with Crippen LogP contribution in [0.3, 0.4) is 0 Å². The van der Waals surface area contributed by atoms with E-state index in [1.165, 1.54) is 28.7 Å². The Morgan fingerprint density at radius 3 is 2.12 bits per heavy atom. The summed E-state index contributed by atoms with van der Waals surface area (Å²) in [5, 5.41) is 7.52. The summed E-state index contributed by atoms with van der Waals surface area (Å²) in [6, 6.07) is 18.0. The third kappa shape index (κ3) is 2.61. The lowest BCUT2D eigenvalue weighted by atomic mass is 9.59. The van der Waals surface area contributed by atoms with E-state index in [0.717, 1.165) is 24.6 Å². The summed E-state index contributed by atoms with van der Waals surface area (Å²) in [4.78, 5) is 0. The quantitative estimate of drug-likeness (QED) is 0.820. The Balaban J connectivity index is 1.60. The second-order valence-corrected chi connectivity index (χ2v) is 7.33. The van der Waals surface area contributed by atoms with Crippen LogP contribution >= 0.6 is 12.2 Å². The van der Waals surface area contributed by atoms with Crippen molar-refractivity contribution < 1.29 is 0 Å². The summed E-state index contributed by atoms with van der Waals surface area (Å²) in [5.74, 6) is 1.62. The summed E-state index contributed by atoms with van der Waals surface area (Å²) >= 11 is 5.41. The molecule has 0 fully saturated rings. The number of thiocarbonyl (C=S) groups is 1. The van der Waals surface area contributed by atoms with Gasteiger partial charge in [0.25, 0.3) is 0 Å². The minimum absolute atomic E-state index is 0.490. The van der Waals surface area contributed by atoms with Gasteiger partial charge in [-0.25, -0.2) is 0 Å². The average molecular weight is 337 g/mol. The maximum atomic E-state index is 5.41. The van der Waals surface area contributed by atoms with Crippen LogP contribution in [-0.4, -0.2) is 18.2 Å². The third-order valence-electron chi connectivity index (χ3n) is 5.48. The Morgan fingerprint density at radius 1 is 0.958 bits per heavy atom. The van der Waals surface area contributed by atoms with Crippen molar-refractivity contribution in [3.63, 3.8) is 0 Å². The normalized spacial score (nSPS) is 23.3. The van der Waals surface area contributed by atoms with Crippen LogP contribution in [0.25, 0.3) is 0 Å². The van der Waals surface area contributed by atoms with E-state index in [-0.39, 0.29) is 0 Å². The molecule has 0 unspecified atom stereocenters. The maximum absolute atomic E-state index is 5.41. The van der Waals surface area contributed by atoms with E-state index in [9.17, 15) is 0 Å². The molecule has 0 saturated heterocycles. The van der Waals surface area contributed by atoms with Crippen LogP contribution in [0.4, 0.5) is 0 Å². The van der Waals surface area contributed by atoms with Gasteiger partial charge < -0.3 is 10.6 Å².